The number of carbonyl (C=O) groups is 3. The van der Waals surface area contributed by atoms with Crippen LogP contribution < -0.4 is 16.0 Å². The summed E-state index contributed by atoms with van der Waals surface area (Å²) in [6.45, 7) is 3.63. The van der Waals surface area contributed by atoms with Gasteiger partial charge >= 0.3 is 0 Å². The molecule has 2 aliphatic carbocycles. The van der Waals surface area contributed by atoms with Gasteiger partial charge in [0.15, 0.2) is 5.65 Å². The Morgan fingerprint density at radius 3 is 2.50 bits per heavy atom. The van der Waals surface area contributed by atoms with Gasteiger partial charge in [0.2, 0.25) is 17.8 Å². The fourth-order valence-electron chi connectivity index (χ4n) is 5.46. The van der Waals surface area contributed by atoms with Crippen molar-refractivity contribution >= 4 is 41.2 Å². The summed E-state index contributed by atoms with van der Waals surface area (Å²) in [5.74, 6) is 1.19. The molecule has 2 amide bonds. The first kappa shape index (κ1) is 24.9. The number of anilines is 2. The zero-order chi connectivity index (χ0) is 26.1. The average molecular weight is 523 g/mol. The molecule has 202 valence electrons. The normalized spacial score (nSPS) is 25.6. The van der Waals surface area contributed by atoms with Gasteiger partial charge < -0.3 is 15.4 Å². The molecule has 0 unspecified atom stereocenters. The van der Waals surface area contributed by atoms with E-state index in [2.05, 4.69) is 25.9 Å². The van der Waals surface area contributed by atoms with Crippen molar-refractivity contribution in [3.05, 3.63) is 17.3 Å². The summed E-state index contributed by atoms with van der Waals surface area (Å²) in [5, 5.41) is 13.7. The molecule has 2 aromatic rings. The monoisotopic (exact) mass is 522 g/mol. The van der Waals surface area contributed by atoms with Gasteiger partial charge in [-0.05, 0) is 50.5 Å². The summed E-state index contributed by atoms with van der Waals surface area (Å²) in [6.07, 6.45) is 10.1. The molecule has 6 rings (SSSR count). The number of imide groups is 1. The third-order valence-corrected chi connectivity index (χ3v) is 7.73. The van der Waals surface area contributed by atoms with Crippen LogP contribution in [0.25, 0.3) is 11.7 Å². The maximum Gasteiger partial charge on any atom is 0.254 e. The molecule has 4 fully saturated rings. The first-order valence-electron chi connectivity index (χ1n) is 13.7. The van der Waals surface area contributed by atoms with Crippen LogP contribution in [0.15, 0.2) is 11.8 Å². The second kappa shape index (κ2) is 10.8. The van der Waals surface area contributed by atoms with Gasteiger partial charge in [0.25, 0.3) is 5.91 Å². The minimum absolute atomic E-state index is 0.0533. The van der Waals surface area contributed by atoms with Crippen molar-refractivity contribution in [3.8, 4) is 0 Å². The van der Waals surface area contributed by atoms with Crippen LogP contribution in [0.5, 0.6) is 0 Å². The van der Waals surface area contributed by atoms with Crippen molar-refractivity contribution in [3.63, 3.8) is 0 Å². The van der Waals surface area contributed by atoms with Crippen LogP contribution in [-0.2, 0) is 19.1 Å². The number of hydrogen-bond donors (Lipinski definition) is 3. The topological polar surface area (TPSA) is 143 Å². The molecule has 2 saturated carbocycles. The highest BCUT2D eigenvalue weighted by Gasteiger charge is 2.28. The SMILES string of the molecule is O=C(CC1CCC(Nc2nc(NC3CC3)n3ncc(/C=C4\CC(=O)NC4=O)c3n2)CC1)CN1CCOCC1. The van der Waals surface area contributed by atoms with Crippen molar-refractivity contribution in [1.29, 1.82) is 0 Å². The number of ether oxygens (including phenoxy) is 1. The van der Waals surface area contributed by atoms with Gasteiger partial charge in [-0.25, -0.2) is 0 Å². The third kappa shape index (κ3) is 5.86. The van der Waals surface area contributed by atoms with E-state index in [0.717, 1.165) is 51.6 Å². The number of Topliss-reactive ketones (excluding diaryl/α,β-unsaturated/α-hetero) is 1. The first-order valence-corrected chi connectivity index (χ1v) is 13.7. The lowest BCUT2D eigenvalue weighted by Gasteiger charge is -2.30. The zero-order valence-corrected chi connectivity index (χ0v) is 21.4. The number of fused-ring (bicyclic) bond motifs is 1. The van der Waals surface area contributed by atoms with Crippen LogP contribution in [0.4, 0.5) is 11.9 Å². The summed E-state index contributed by atoms with van der Waals surface area (Å²) in [7, 11) is 0. The predicted molar refractivity (Wildman–Crippen MR) is 139 cm³/mol. The molecule has 12 heteroatoms. The smallest absolute Gasteiger partial charge is 0.254 e. The van der Waals surface area contributed by atoms with Crippen LogP contribution in [-0.4, -0.2) is 87.0 Å². The minimum atomic E-state index is -0.377. The standard InChI is InChI=1S/C26H34N8O4/c35-21(15-33-7-9-38-10-8-33)11-16-1-3-19(4-2-16)28-25-31-23-18(12-17-13-22(36)30-24(17)37)14-27-34(23)26(32-25)29-20-5-6-20/h12,14,16,19-20H,1-11,13,15H2,(H,30,36,37)(H2,28,29,31,32)/b17-12+. The Balaban J connectivity index is 1.11. The number of nitrogens with zero attached hydrogens (tertiary/aromatic N) is 5. The Labute approximate surface area is 220 Å². The highest BCUT2D eigenvalue weighted by atomic mass is 16.5. The van der Waals surface area contributed by atoms with Gasteiger partial charge in [0.1, 0.15) is 5.78 Å². The largest absolute Gasteiger partial charge is 0.379 e. The summed E-state index contributed by atoms with van der Waals surface area (Å²) in [5.41, 5.74) is 1.64. The van der Waals surface area contributed by atoms with Crippen LogP contribution in [0.1, 0.15) is 56.9 Å². The van der Waals surface area contributed by atoms with Gasteiger partial charge in [-0.2, -0.15) is 19.6 Å². The number of carbonyl (C=O) groups excluding carboxylic acids is 3. The molecule has 0 bridgehead atoms. The van der Waals surface area contributed by atoms with E-state index in [1.54, 1.807) is 16.8 Å². The molecule has 4 aliphatic rings. The fraction of sp³-hybridized carbons (Fsp3) is 0.615. The lowest BCUT2D eigenvalue weighted by atomic mass is 9.83. The number of rotatable bonds is 9. The second-order valence-corrected chi connectivity index (χ2v) is 10.8. The van der Waals surface area contributed by atoms with E-state index >= 15 is 0 Å². The van der Waals surface area contributed by atoms with E-state index < -0.39 is 0 Å². The van der Waals surface area contributed by atoms with Gasteiger partial charge in [-0.15, -0.1) is 0 Å². The molecular formula is C26H34N8O4. The van der Waals surface area contributed by atoms with Gasteiger partial charge in [0.05, 0.1) is 32.4 Å². The fourth-order valence-corrected chi connectivity index (χ4v) is 5.46. The summed E-state index contributed by atoms with van der Waals surface area (Å²) in [6, 6.07) is 0.593. The van der Waals surface area contributed by atoms with Crippen LogP contribution in [0.2, 0.25) is 0 Å². The van der Waals surface area contributed by atoms with Crippen molar-refractivity contribution < 1.29 is 19.1 Å². The van der Waals surface area contributed by atoms with Crippen molar-refractivity contribution in [1.82, 2.24) is 29.8 Å². The lowest BCUT2D eigenvalue weighted by Crippen LogP contribution is -2.40. The number of nitrogens with one attached hydrogen (secondary N) is 3. The highest BCUT2D eigenvalue weighted by molar-refractivity contribution is 6.15. The van der Waals surface area contributed by atoms with Crippen molar-refractivity contribution in [2.45, 2.75) is 63.5 Å². The van der Waals surface area contributed by atoms with Crippen molar-refractivity contribution in [2.75, 3.05) is 43.5 Å². The summed E-state index contributed by atoms with van der Waals surface area (Å²) < 4.78 is 7.03. The maximum atomic E-state index is 12.6. The molecule has 2 aliphatic heterocycles. The molecule has 0 aromatic carbocycles. The molecule has 2 aromatic heterocycles. The maximum absolute atomic E-state index is 12.6. The van der Waals surface area contributed by atoms with E-state index in [4.69, 9.17) is 14.7 Å². The van der Waals surface area contributed by atoms with Crippen LogP contribution in [0.3, 0.4) is 0 Å². The Hall–Kier alpha value is -3.38. The van der Waals surface area contributed by atoms with E-state index in [-0.39, 0.29) is 24.3 Å². The van der Waals surface area contributed by atoms with E-state index in [0.29, 0.717) is 72.6 Å². The third-order valence-electron chi connectivity index (χ3n) is 7.73. The quantitative estimate of drug-likeness (QED) is 0.327. The van der Waals surface area contributed by atoms with Gasteiger partial charge in [-0.1, -0.05) is 0 Å². The summed E-state index contributed by atoms with van der Waals surface area (Å²) >= 11 is 0. The summed E-state index contributed by atoms with van der Waals surface area (Å²) in [4.78, 5) is 48.0. The molecule has 38 heavy (non-hydrogen) atoms. The number of hydrogen-bond acceptors (Lipinski definition) is 10. The van der Waals surface area contributed by atoms with Gasteiger partial charge in [-0.3, -0.25) is 24.6 Å². The first-order chi connectivity index (χ1) is 18.5. The highest BCUT2D eigenvalue weighted by Crippen LogP contribution is 2.30. The van der Waals surface area contributed by atoms with Gasteiger partial charge in [0, 0.05) is 42.7 Å². The van der Waals surface area contributed by atoms with Crippen LogP contribution in [0, 0.1) is 5.92 Å². The second-order valence-electron chi connectivity index (χ2n) is 10.8. The Morgan fingerprint density at radius 1 is 1.05 bits per heavy atom. The van der Waals surface area contributed by atoms with E-state index in [1.807, 2.05) is 0 Å². The molecule has 0 spiro atoms. The van der Waals surface area contributed by atoms with E-state index in [1.165, 1.54) is 0 Å². The molecule has 3 N–H and O–H groups in total. The lowest BCUT2D eigenvalue weighted by molar-refractivity contribution is -0.124. The molecule has 0 radical (unpaired) electrons. The average Bonchev–Trinajstić information content (AvgIpc) is 3.54. The van der Waals surface area contributed by atoms with Crippen molar-refractivity contribution in [2.24, 2.45) is 5.92 Å². The Morgan fingerprint density at radius 2 is 1.79 bits per heavy atom. The number of ketones is 1. The molecule has 12 nitrogen and oxygen atoms in total. The van der Waals surface area contributed by atoms with E-state index in [9.17, 15) is 14.4 Å². The molecule has 4 heterocycles. The zero-order valence-electron chi connectivity index (χ0n) is 21.4. The van der Waals surface area contributed by atoms with Crippen LogP contribution >= 0.6 is 0 Å². The number of morpholine rings is 1. The number of amides is 2. The Kier molecular flexibility index (Phi) is 7.07. The number of aromatic nitrogens is 4. The molecule has 0 atom stereocenters. The Bertz CT molecular complexity index is 1260. The minimum Gasteiger partial charge on any atom is -0.379 e. The molecular weight excluding hydrogens is 488 g/mol. The predicted octanol–water partition coefficient (Wildman–Crippen LogP) is 1.39. The molecule has 2 saturated heterocycles.